The van der Waals surface area contributed by atoms with E-state index in [9.17, 15) is 13.2 Å². The molecule has 0 amide bonds. The fraction of sp³-hybridized carbons (Fsp3) is 0.200. The molecule has 0 aliphatic carbocycles. The summed E-state index contributed by atoms with van der Waals surface area (Å²) >= 11 is 3.28. The quantitative estimate of drug-likeness (QED) is 0.800. The van der Waals surface area contributed by atoms with Crippen molar-refractivity contribution in [3.05, 3.63) is 57.8 Å². The highest BCUT2D eigenvalue weighted by atomic mass is 79.9. The van der Waals surface area contributed by atoms with Crippen LogP contribution in [0.2, 0.25) is 0 Å². The van der Waals surface area contributed by atoms with Crippen molar-refractivity contribution in [3.8, 4) is 5.75 Å². The fourth-order valence-electron chi connectivity index (χ4n) is 1.93. The second kappa shape index (κ2) is 6.85. The lowest BCUT2D eigenvalue weighted by molar-refractivity contribution is -0.0504. The molecular formula is C15H13BrF3NO. The van der Waals surface area contributed by atoms with Gasteiger partial charge < -0.3 is 10.1 Å². The molecule has 0 fully saturated rings. The maximum absolute atomic E-state index is 13.3. The van der Waals surface area contributed by atoms with Crippen LogP contribution in [-0.2, 0) is 6.54 Å². The van der Waals surface area contributed by atoms with E-state index in [1.54, 1.807) is 25.1 Å². The summed E-state index contributed by atoms with van der Waals surface area (Å²) in [6, 6.07) is 9.29. The van der Waals surface area contributed by atoms with E-state index in [1.807, 2.05) is 0 Å². The van der Waals surface area contributed by atoms with Crippen molar-refractivity contribution in [2.75, 3.05) is 5.32 Å². The first-order valence-corrected chi connectivity index (χ1v) is 6.97. The molecule has 0 heterocycles. The van der Waals surface area contributed by atoms with Gasteiger partial charge >= 0.3 is 6.61 Å². The van der Waals surface area contributed by atoms with Gasteiger partial charge in [-0.25, -0.2) is 4.39 Å². The molecule has 0 spiro atoms. The van der Waals surface area contributed by atoms with Crippen molar-refractivity contribution in [3.63, 3.8) is 0 Å². The summed E-state index contributed by atoms with van der Waals surface area (Å²) in [5, 5.41) is 3.00. The Balaban J connectivity index is 2.16. The number of alkyl halides is 2. The minimum atomic E-state index is -2.89. The van der Waals surface area contributed by atoms with Crippen molar-refractivity contribution < 1.29 is 17.9 Å². The normalized spacial score (nSPS) is 10.8. The standard InChI is InChI=1S/C15H13BrF3NO/c1-9-4-12(17)7-13(5-9)20-8-10-6-11(16)2-3-14(10)21-15(18)19/h2-7,15,20H,8H2,1H3. The maximum atomic E-state index is 13.3. The summed E-state index contributed by atoms with van der Waals surface area (Å²) in [6.07, 6.45) is 0. The van der Waals surface area contributed by atoms with Crippen molar-refractivity contribution >= 4 is 21.6 Å². The Morgan fingerprint density at radius 3 is 2.62 bits per heavy atom. The highest BCUT2D eigenvalue weighted by Crippen LogP contribution is 2.26. The van der Waals surface area contributed by atoms with Gasteiger partial charge in [0, 0.05) is 22.3 Å². The Morgan fingerprint density at radius 2 is 1.95 bits per heavy atom. The van der Waals surface area contributed by atoms with Gasteiger partial charge in [0.15, 0.2) is 0 Å². The highest BCUT2D eigenvalue weighted by Gasteiger charge is 2.10. The van der Waals surface area contributed by atoms with Crippen LogP contribution in [0.3, 0.4) is 0 Å². The molecule has 2 aromatic rings. The summed E-state index contributed by atoms with van der Waals surface area (Å²) in [5.41, 5.74) is 1.90. The van der Waals surface area contributed by atoms with Crippen LogP contribution >= 0.6 is 15.9 Å². The lowest BCUT2D eigenvalue weighted by Crippen LogP contribution is -2.07. The first-order valence-electron chi connectivity index (χ1n) is 6.18. The molecule has 2 aromatic carbocycles. The maximum Gasteiger partial charge on any atom is 0.387 e. The molecule has 0 bridgehead atoms. The van der Waals surface area contributed by atoms with Crippen LogP contribution in [0.1, 0.15) is 11.1 Å². The number of anilines is 1. The average molecular weight is 360 g/mol. The minimum Gasteiger partial charge on any atom is -0.434 e. The number of aryl methyl sites for hydroxylation is 1. The van der Waals surface area contributed by atoms with Crippen LogP contribution in [0.15, 0.2) is 40.9 Å². The van der Waals surface area contributed by atoms with Gasteiger partial charge in [-0.3, -0.25) is 0 Å². The number of rotatable bonds is 5. The van der Waals surface area contributed by atoms with E-state index >= 15 is 0 Å². The predicted molar refractivity (Wildman–Crippen MR) is 79.2 cm³/mol. The molecule has 0 aliphatic heterocycles. The minimum absolute atomic E-state index is 0.0915. The van der Waals surface area contributed by atoms with E-state index in [2.05, 4.69) is 26.0 Å². The Hall–Kier alpha value is -1.69. The lowest BCUT2D eigenvalue weighted by atomic mass is 10.1. The molecule has 6 heteroatoms. The molecule has 0 radical (unpaired) electrons. The summed E-state index contributed by atoms with van der Waals surface area (Å²) < 4.78 is 43.2. The van der Waals surface area contributed by atoms with Gasteiger partial charge in [0.1, 0.15) is 11.6 Å². The van der Waals surface area contributed by atoms with Crippen LogP contribution in [0.5, 0.6) is 5.75 Å². The third-order valence-electron chi connectivity index (χ3n) is 2.76. The number of hydrogen-bond acceptors (Lipinski definition) is 2. The molecular weight excluding hydrogens is 347 g/mol. The monoisotopic (exact) mass is 359 g/mol. The van der Waals surface area contributed by atoms with Crippen LogP contribution in [0.25, 0.3) is 0 Å². The smallest absolute Gasteiger partial charge is 0.387 e. The number of benzene rings is 2. The Morgan fingerprint density at radius 1 is 1.19 bits per heavy atom. The second-order valence-electron chi connectivity index (χ2n) is 4.50. The van der Waals surface area contributed by atoms with Crippen molar-refractivity contribution in [1.29, 1.82) is 0 Å². The highest BCUT2D eigenvalue weighted by molar-refractivity contribution is 9.10. The molecule has 0 saturated carbocycles. The third kappa shape index (κ3) is 4.67. The Kier molecular flexibility index (Phi) is 5.12. The van der Waals surface area contributed by atoms with Gasteiger partial charge in [0.25, 0.3) is 0 Å². The fourth-order valence-corrected chi connectivity index (χ4v) is 2.34. The van der Waals surface area contributed by atoms with Gasteiger partial charge in [-0.1, -0.05) is 15.9 Å². The van der Waals surface area contributed by atoms with Crippen molar-refractivity contribution in [2.45, 2.75) is 20.1 Å². The average Bonchev–Trinajstić information content (AvgIpc) is 2.37. The first kappa shape index (κ1) is 15.7. The molecule has 21 heavy (non-hydrogen) atoms. The van der Waals surface area contributed by atoms with E-state index in [-0.39, 0.29) is 18.1 Å². The van der Waals surface area contributed by atoms with Gasteiger partial charge in [-0.15, -0.1) is 0 Å². The third-order valence-corrected chi connectivity index (χ3v) is 3.26. The molecule has 0 unspecified atom stereocenters. The van der Waals surface area contributed by atoms with E-state index in [1.165, 1.54) is 18.2 Å². The molecule has 0 aromatic heterocycles. The zero-order chi connectivity index (χ0) is 15.4. The molecule has 1 N–H and O–H groups in total. The number of nitrogens with one attached hydrogen (secondary N) is 1. The van der Waals surface area contributed by atoms with E-state index in [0.29, 0.717) is 11.3 Å². The van der Waals surface area contributed by atoms with Crippen molar-refractivity contribution in [1.82, 2.24) is 0 Å². The summed E-state index contributed by atoms with van der Waals surface area (Å²) in [7, 11) is 0. The van der Waals surface area contributed by atoms with Gasteiger partial charge in [0.05, 0.1) is 0 Å². The topological polar surface area (TPSA) is 21.3 Å². The van der Waals surface area contributed by atoms with Crippen LogP contribution in [0, 0.1) is 12.7 Å². The Labute approximate surface area is 129 Å². The van der Waals surface area contributed by atoms with Gasteiger partial charge in [-0.05, 0) is 48.9 Å². The molecule has 112 valence electrons. The summed E-state index contributed by atoms with van der Waals surface area (Å²) in [6.45, 7) is -0.871. The molecule has 0 aliphatic rings. The van der Waals surface area contributed by atoms with Crippen molar-refractivity contribution in [2.24, 2.45) is 0 Å². The van der Waals surface area contributed by atoms with Crippen LogP contribution in [0.4, 0.5) is 18.9 Å². The van der Waals surface area contributed by atoms with E-state index in [0.717, 1.165) is 10.0 Å². The van der Waals surface area contributed by atoms with Gasteiger partial charge in [0.2, 0.25) is 0 Å². The molecule has 0 saturated heterocycles. The second-order valence-corrected chi connectivity index (χ2v) is 5.42. The number of hydrogen-bond donors (Lipinski definition) is 1. The first-order chi connectivity index (χ1) is 9.94. The number of ether oxygens (including phenoxy) is 1. The Bertz CT molecular complexity index is 614. The van der Waals surface area contributed by atoms with Crippen LogP contribution < -0.4 is 10.1 Å². The summed E-state index contributed by atoms with van der Waals surface area (Å²) in [5.74, 6) is -0.260. The van der Waals surface area contributed by atoms with E-state index < -0.39 is 6.61 Å². The predicted octanol–water partition coefficient (Wildman–Crippen LogP) is 5.11. The largest absolute Gasteiger partial charge is 0.434 e. The zero-order valence-electron chi connectivity index (χ0n) is 11.2. The van der Waals surface area contributed by atoms with Gasteiger partial charge in [-0.2, -0.15) is 8.78 Å². The number of halogens is 4. The van der Waals surface area contributed by atoms with Crippen LogP contribution in [-0.4, -0.2) is 6.61 Å². The lowest BCUT2D eigenvalue weighted by Gasteiger charge is -2.13. The summed E-state index contributed by atoms with van der Waals surface area (Å²) in [4.78, 5) is 0. The van der Waals surface area contributed by atoms with E-state index in [4.69, 9.17) is 0 Å². The molecule has 2 nitrogen and oxygen atoms in total. The SMILES string of the molecule is Cc1cc(F)cc(NCc2cc(Br)ccc2OC(F)F)c1. The zero-order valence-corrected chi connectivity index (χ0v) is 12.8. The molecule has 0 atom stereocenters. The molecule has 2 rings (SSSR count).